The summed E-state index contributed by atoms with van der Waals surface area (Å²) in [6, 6.07) is 6.38. The summed E-state index contributed by atoms with van der Waals surface area (Å²) in [6.45, 7) is 8.91. The highest BCUT2D eigenvalue weighted by atomic mass is 32.2. The molecule has 0 amide bonds. The highest BCUT2D eigenvalue weighted by molar-refractivity contribution is 7.86. The summed E-state index contributed by atoms with van der Waals surface area (Å²) in [4.78, 5) is 11.9. The molecule has 1 rings (SSSR count). The van der Waals surface area contributed by atoms with Crippen molar-refractivity contribution in [3.63, 3.8) is 0 Å². The number of rotatable bonds is 6. The molecule has 0 fully saturated rings. The summed E-state index contributed by atoms with van der Waals surface area (Å²) >= 11 is 0. The van der Waals surface area contributed by atoms with Gasteiger partial charge in [0.05, 0.1) is 17.4 Å². The van der Waals surface area contributed by atoms with E-state index in [1.54, 1.807) is 39.8 Å². The van der Waals surface area contributed by atoms with Crippen LogP contribution in [0, 0.1) is 6.92 Å². The number of hydrogen-bond donors (Lipinski definition) is 0. The van der Waals surface area contributed by atoms with Gasteiger partial charge in [-0.05, 0) is 46.2 Å². The molecule has 0 N–H and O–H groups in total. The SMILES string of the molecule is CCC(CC(=O)OC(C)(C)C)OS(=O)(=O)c1ccc(C)cc1. The minimum absolute atomic E-state index is 0.0840. The van der Waals surface area contributed by atoms with Crippen molar-refractivity contribution in [3.05, 3.63) is 29.8 Å². The second kappa shape index (κ2) is 7.24. The van der Waals surface area contributed by atoms with E-state index in [0.717, 1.165) is 5.56 Å². The predicted molar refractivity (Wildman–Crippen MR) is 84.0 cm³/mol. The molecule has 0 saturated heterocycles. The Kier molecular flexibility index (Phi) is 6.14. The Labute approximate surface area is 132 Å². The second-order valence-corrected chi connectivity index (χ2v) is 7.76. The molecule has 124 valence electrons. The number of esters is 1. The van der Waals surface area contributed by atoms with Gasteiger partial charge in [-0.15, -0.1) is 0 Å². The third kappa shape index (κ3) is 6.15. The maximum Gasteiger partial charge on any atom is 0.308 e. The van der Waals surface area contributed by atoms with Crippen LogP contribution in [0.5, 0.6) is 0 Å². The maximum absolute atomic E-state index is 12.2. The summed E-state index contributed by atoms with van der Waals surface area (Å²) in [5.41, 5.74) is 0.352. The molecule has 22 heavy (non-hydrogen) atoms. The van der Waals surface area contributed by atoms with E-state index in [9.17, 15) is 13.2 Å². The lowest BCUT2D eigenvalue weighted by Gasteiger charge is -2.21. The molecule has 0 heterocycles. The lowest BCUT2D eigenvalue weighted by Crippen LogP contribution is -2.28. The summed E-state index contributed by atoms with van der Waals surface area (Å²) < 4.78 is 34.8. The van der Waals surface area contributed by atoms with Crippen LogP contribution >= 0.6 is 0 Å². The zero-order chi connectivity index (χ0) is 17.0. The Balaban J connectivity index is 2.76. The van der Waals surface area contributed by atoms with Gasteiger partial charge in [-0.1, -0.05) is 24.6 Å². The van der Waals surface area contributed by atoms with Crippen molar-refractivity contribution in [3.8, 4) is 0 Å². The van der Waals surface area contributed by atoms with Gasteiger partial charge in [-0.25, -0.2) is 0 Å². The Bertz CT molecular complexity index is 596. The summed E-state index contributed by atoms with van der Waals surface area (Å²) in [6.07, 6.45) is -0.440. The molecule has 0 saturated carbocycles. The number of ether oxygens (including phenoxy) is 1. The van der Waals surface area contributed by atoms with Crippen molar-refractivity contribution in [2.75, 3.05) is 0 Å². The van der Waals surface area contributed by atoms with Gasteiger partial charge in [-0.2, -0.15) is 8.42 Å². The molecule has 0 aromatic heterocycles. The molecule has 0 radical (unpaired) electrons. The molecule has 0 spiro atoms. The number of aryl methyl sites for hydroxylation is 1. The highest BCUT2D eigenvalue weighted by Gasteiger charge is 2.25. The quantitative estimate of drug-likeness (QED) is 0.592. The first-order chi connectivity index (χ1) is 10.0. The molecule has 6 heteroatoms. The van der Waals surface area contributed by atoms with Crippen molar-refractivity contribution >= 4 is 16.1 Å². The van der Waals surface area contributed by atoms with Crippen LogP contribution in [0.4, 0.5) is 0 Å². The molecular weight excluding hydrogens is 304 g/mol. The average Bonchev–Trinajstić information content (AvgIpc) is 2.35. The van der Waals surface area contributed by atoms with E-state index in [2.05, 4.69) is 0 Å². The Morgan fingerprint density at radius 3 is 2.18 bits per heavy atom. The van der Waals surface area contributed by atoms with Crippen LogP contribution in [0.25, 0.3) is 0 Å². The van der Waals surface area contributed by atoms with Crippen molar-refractivity contribution < 1.29 is 22.1 Å². The number of carbonyl (C=O) groups excluding carboxylic acids is 1. The first-order valence-corrected chi connectivity index (χ1v) is 8.66. The molecule has 1 aromatic rings. The molecule has 5 nitrogen and oxygen atoms in total. The number of carbonyl (C=O) groups is 1. The minimum Gasteiger partial charge on any atom is -0.460 e. The molecule has 0 bridgehead atoms. The van der Waals surface area contributed by atoms with Crippen molar-refractivity contribution in [2.45, 2.75) is 64.1 Å². The van der Waals surface area contributed by atoms with Crippen molar-refractivity contribution in [2.24, 2.45) is 0 Å². The smallest absolute Gasteiger partial charge is 0.308 e. The maximum atomic E-state index is 12.2. The predicted octanol–water partition coefficient (Wildman–Crippen LogP) is 3.21. The number of hydrogen-bond acceptors (Lipinski definition) is 5. The highest BCUT2D eigenvalue weighted by Crippen LogP contribution is 2.19. The van der Waals surface area contributed by atoms with E-state index in [1.165, 1.54) is 12.1 Å². The van der Waals surface area contributed by atoms with Gasteiger partial charge in [0.15, 0.2) is 0 Å². The molecule has 1 aromatic carbocycles. The van der Waals surface area contributed by atoms with Crippen LogP contribution in [-0.2, 0) is 23.8 Å². The van der Waals surface area contributed by atoms with Gasteiger partial charge in [-0.3, -0.25) is 8.98 Å². The van der Waals surface area contributed by atoms with Gasteiger partial charge in [0.1, 0.15) is 5.60 Å². The third-order valence-electron chi connectivity index (χ3n) is 2.84. The Hall–Kier alpha value is -1.40. The molecule has 0 aliphatic heterocycles. The third-order valence-corrected chi connectivity index (χ3v) is 4.22. The van der Waals surface area contributed by atoms with Crippen LogP contribution in [0.2, 0.25) is 0 Å². The van der Waals surface area contributed by atoms with E-state index >= 15 is 0 Å². The molecule has 1 atom stereocenters. The standard InChI is InChI=1S/C16H24O5S/c1-6-13(11-15(17)20-16(3,4)5)21-22(18,19)14-9-7-12(2)8-10-14/h7-10,13H,6,11H2,1-5H3. The normalized spacial score (nSPS) is 13.7. The summed E-state index contributed by atoms with van der Waals surface area (Å²) in [7, 11) is -3.89. The zero-order valence-electron chi connectivity index (χ0n) is 13.8. The zero-order valence-corrected chi connectivity index (χ0v) is 14.6. The number of benzene rings is 1. The molecule has 1 unspecified atom stereocenters. The second-order valence-electron chi connectivity index (χ2n) is 6.18. The van der Waals surface area contributed by atoms with E-state index in [0.29, 0.717) is 6.42 Å². The van der Waals surface area contributed by atoms with Crippen LogP contribution < -0.4 is 0 Å². The Morgan fingerprint density at radius 2 is 1.73 bits per heavy atom. The molecule has 0 aliphatic carbocycles. The molecule has 0 aliphatic rings. The lowest BCUT2D eigenvalue weighted by molar-refractivity contribution is -0.156. The summed E-state index contributed by atoms with van der Waals surface area (Å²) in [5, 5.41) is 0. The van der Waals surface area contributed by atoms with Gasteiger partial charge >= 0.3 is 5.97 Å². The monoisotopic (exact) mass is 328 g/mol. The van der Waals surface area contributed by atoms with Gasteiger partial charge < -0.3 is 4.74 Å². The largest absolute Gasteiger partial charge is 0.460 e. The Morgan fingerprint density at radius 1 is 1.18 bits per heavy atom. The average molecular weight is 328 g/mol. The van der Waals surface area contributed by atoms with Gasteiger partial charge in [0.2, 0.25) is 0 Å². The first kappa shape index (κ1) is 18.6. The van der Waals surface area contributed by atoms with Crippen molar-refractivity contribution in [1.29, 1.82) is 0 Å². The van der Waals surface area contributed by atoms with Crippen LogP contribution in [0.3, 0.4) is 0 Å². The van der Waals surface area contributed by atoms with E-state index in [-0.39, 0.29) is 11.3 Å². The lowest BCUT2D eigenvalue weighted by atomic mass is 10.1. The fourth-order valence-corrected chi connectivity index (χ4v) is 2.90. The first-order valence-electron chi connectivity index (χ1n) is 7.25. The van der Waals surface area contributed by atoms with E-state index in [4.69, 9.17) is 8.92 Å². The van der Waals surface area contributed by atoms with E-state index in [1.807, 2.05) is 6.92 Å². The van der Waals surface area contributed by atoms with Crippen LogP contribution in [0.1, 0.15) is 46.1 Å². The van der Waals surface area contributed by atoms with Crippen molar-refractivity contribution in [1.82, 2.24) is 0 Å². The minimum atomic E-state index is -3.89. The fourth-order valence-electron chi connectivity index (χ4n) is 1.76. The topological polar surface area (TPSA) is 69.7 Å². The molecular formula is C16H24O5S. The van der Waals surface area contributed by atoms with Gasteiger partial charge in [0, 0.05) is 0 Å². The van der Waals surface area contributed by atoms with Gasteiger partial charge in [0.25, 0.3) is 10.1 Å². The van der Waals surface area contributed by atoms with Crippen LogP contribution in [0.15, 0.2) is 29.2 Å². The fraction of sp³-hybridized carbons (Fsp3) is 0.562. The van der Waals surface area contributed by atoms with Crippen LogP contribution in [-0.4, -0.2) is 26.1 Å². The van der Waals surface area contributed by atoms with E-state index < -0.39 is 27.8 Å². The summed E-state index contributed by atoms with van der Waals surface area (Å²) in [5.74, 6) is -0.474.